The van der Waals surface area contributed by atoms with Crippen LogP contribution in [0.4, 0.5) is 11.5 Å². The SMILES string of the molecule is CS(=O)(=O)n1nnc(P(=[Se])(c2ccccc2)c2ccccc2)c1N(Cc1ccccc1)c1ccccc1. The van der Waals surface area contributed by atoms with Crippen molar-refractivity contribution < 1.29 is 8.42 Å². The number of hydrogen-bond acceptors (Lipinski definition) is 5. The van der Waals surface area contributed by atoms with E-state index in [1.165, 1.54) is 0 Å². The van der Waals surface area contributed by atoms with Crippen molar-refractivity contribution in [3.8, 4) is 0 Å². The first-order valence-corrected chi connectivity index (χ1v) is 17.5. The molecule has 0 unspecified atom stereocenters. The molecule has 1 heterocycles. The van der Waals surface area contributed by atoms with Gasteiger partial charge >= 0.3 is 226 Å². The third-order valence-corrected chi connectivity index (χ3v) is 13.5. The quantitative estimate of drug-likeness (QED) is 0.203. The zero-order valence-corrected chi connectivity index (χ0v) is 23.5. The summed E-state index contributed by atoms with van der Waals surface area (Å²) in [6, 6.07) is 39.9. The molecule has 37 heavy (non-hydrogen) atoms. The van der Waals surface area contributed by atoms with Gasteiger partial charge in [0.1, 0.15) is 0 Å². The number of aromatic nitrogens is 3. The van der Waals surface area contributed by atoms with Crippen LogP contribution in [-0.2, 0) is 16.6 Å². The molecule has 4 aromatic carbocycles. The van der Waals surface area contributed by atoms with Crippen molar-refractivity contribution in [2.75, 3.05) is 11.2 Å². The zero-order chi connectivity index (χ0) is 25.9. The first-order chi connectivity index (χ1) is 17.9. The molecule has 0 aliphatic heterocycles. The second-order valence-corrected chi connectivity index (χ2v) is 16.5. The Bertz CT molecular complexity index is 1600. The van der Waals surface area contributed by atoms with E-state index >= 15 is 0 Å². The van der Waals surface area contributed by atoms with E-state index in [1.54, 1.807) is 0 Å². The maximum absolute atomic E-state index is 13.1. The van der Waals surface area contributed by atoms with Gasteiger partial charge in [0.2, 0.25) is 0 Å². The number of anilines is 2. The summed E-state index contributed by atoms with van der Waals surface area (Å²) in [6.07, 6.45) is 1.16. The van der Waals surface area contributed by atoms with Crippen molar-refractivity contribution >= 4 is 58.2 Å². The molecule has 0 fully saturated rings. The minimum atomic E-state index is -3.78. The van der Waals surface area contributed by atoms with Crippen LogP contribution in [-0.4, -0.2) is 44.2 Å². The molecule has 1 aromatic heterocycles. The Kier molecular flexibility index (Phi) is 7.27. The predicted octanol–water partition coefficient (Wildman–Crippen LogP) is 3.80. The van der Waals surface area contributed by atoms with E-state index in [0.717, 1.165) is 32.2 Å². The van der Waals surface area contributed by atoms with Gasteiger partial charge in [-0.3, -0.25) is 0 Å². The van der Waals surface area contributed by atoms with E-state index in [0.29, 0.717) is 17.8 Å². The summed E-state index contributed by atoms with van der Waals surface area (Å²) < 4.78 is 27.2. The third-order valence-electron chi connectivity index (χ3n) is 5.96. The van der Waals surface area contributed by atoms with E-state index in [4.69, 9.17) is 0 Å². The third kappa shape index (κ3) is 5.11. The molecule has 186 valence electrons. The van der Waals surface area contributed by atoms with Crippen LogP contribution in [0.25, 0.3) is 0 Å². The Labute approximate surface area is 224 Å². The molecule has 0 saturated heterocycles. The predicted molar refractivity (Wildman–Crippen MR) is 153 cm³/mol. The standard InChI is InChI=1S/C28H25N4O2PSSe/c1-36(33,34)32-28(31(24-16-8-3-9-17-24)22-23-14-6-2-7-15-23)27(29-30-32)35(37,25-18-10-4-11-19-25)26-20-12-5-13-21-26/h2-21H,22H2,1H3. The minimum absolute atomic E-state index is 0.428. The first-order valence-electron chi connectivity index (χ1n) is 11.6. The summed E-state index contributed by atoms with van der Waals surface area (Å²) in [6.45, 7) is 0.435. The average Bonchev–Trinajstić information content (AvgIpc) is 3.40. The Hall–Kier alpha value is -3.28. The van der Waals surface area contributed by atoms with Crippen molar-refractivity contribution in [1.82, 2.24) is 14.4 Å². The summed E-state index contributed by atoms with van der Waals surface area (Å²) in [5.74, 6) is 0.428. The number of nitrogens with zero attached hydrogens (tertiary/aromatic N) is 4. The monoisotopic (exact) mass is 592 g/mol. The summed E-state index contributed by atoms with van der Waals surface area (Å²) in [7, 11) is -3.78. The van der Waals surface area contributed by atoms with Gasteiger partial charge in [-0.25, -0.2) is 0 Å². The molecule has 0 bridgehead atoms. The van der Waals surface area contributed by atoms with E-state index in [2.05, 4.69) is 49.7 Å². The Morgan fingerprint density at radius 1 is 0.757 bits per heavy atom. The zero-order valence-electron chi connectivity index (χ0n) is 20.1. The van der Waals surface area contributed by atoms with E-state index < -0.39 is 15.5 Å². The molecule has 0 N–H and O–H groups in total. The number of benzene rings is 4. The fourth-order valence-electron chi connectivity index (χ4n) is 4.24. The van der Waals surface area contributed by atoms with Crippen LogP contribution in [0.5, 0.6) is 0 Å². The normalized spacial score (nSPS) is 11.8. The molecule has 0 atom stereocenters. The van der Waals surface area contributed by atoms with Gasteiger partial charge in [-0.05, 0) is 0 Å². The van der Waals surface area contributed by atoms with Gasteiger partial charge in [-0.15, -0.1) is 0 Å². The summed E-state index contributed by atoms with van der Waals surface area (Å²) in [5.41, 5.74) is -0.0409. The van der Waals surface area contributed by atoms with Gasteiger partial charge in [-0.2, -0.15) is 0 Å². The number of rotatable bonds is 8. The molecule has 0 amide bonds. The fourth-order valence-corrected chi connectivity index (χ4v) is 9.88. The molecule has 5 rings (SSSR count). The van der Waals surface area contributed by atoms with Gasteiger partial charge in [0.05, 0.1) is 0 Å². The Balaban J connectivity index is 1.84. The molecule has 0 spiro atoms. The maximum atomic E-state index is 13.1. The molecule has 0 radical (unpaired) electrons. The summed E-state index contributed by atoms with van der Waals surface area (Å²) in [5, 5.41) is 10.9. The van der Waals surface area contributed by atoms with Crippen molar-refractivity contribution in [3.05, 3.63) is 127 Å². The molecule has 6 nitrogen and oxygen atoms in total. The molecular weight excluding hydrogens is 566 g/mol. The Morgan fingerprint density at radius 2 is 1.22 bits per heavy atom. The van der Waals surface area contributed by atoms with Crippen molar-refractivity contribution in [2.24, 2.45) is 0 Å². The van der Waals surface area contributed by atoms with Crippen LogP contribution in [0, 0.1) is 0 Å². The molecule has 0 aliphatic rings. The molecule has 5 aromatic rings. The van der Waals surface area contributed by atoms with Crippen molar-refractivity contribution in [3.63, 3.8) is 0 Å². The van der Waals surface area contributed by atoms with E-state index in [1.807, 2.05) is 102 Å². The van der Waals surface area contributed by atoms with Crippen LogP contribution in [0.1, 0.15) is 5.56 Å². The second kappa shape index (κ2) is 10.6. The number of para-hydroxylation sites is 1. The van der Waals surface area contributed by atoms with Crippen LogP contribution in [0.2, 0.25) is 0 Å². The molecule has 9 heteroatoms. The van der Waals surface area contributed by atoms with Crippen LogP contribution >= 0.6 is 5.51 Å². The van der Waals surface area contributed by atoms with Crippen molar-refractivity contribution in [2.45, 2.75) is 6.54 Å². The number of hydrogen-bond donors (Lipinski definition) is 0. The van der Waals surface area contributed by atoms with Gasteiger partial charge in [0.25, 0.3) is 0 Å². The van der Waals surface area contributed by atoms with Gasteiger partial charge in [0.15, 0.2) is 0 Å². The second-order valence-electron chi connectivity index (χ2n) is 8.53. The van der Waals surface area contributed by atoms with Gasteiger partial charge in [-0.1, -0.05) is 0 Å². The van der Waals surface area contributed by atoms with E-state index in [9.17, 15) is 8.42 Å². The summed E-state index contributed by atoms with van der Waals surface area (Å²) >= 11 is 3.49. The van der Waals surface area contributed by atoms with Gasteiger partial charge in [0, 0.05) is 0 Å². The van der Waals surface area contributed by atoms with Crippen molar-refractivity contribution in [1.29, 1.82) is 0 Å². The van der Waals surface area contributed by atoms with Crippen LogP contribution in [0.3, 0.4) is 0 Å². The molecular formula is C28H25N4O2PSSe. The topological polar surface area (TPSA) is 68.1 Å². The molecule has 0 aliphatic carbocycles. The summed E-state index contributed by atoms with van der Waals surface area (Å²) in [4.78, 5) is 1.99. The van der Waals surface area contributed by atoms with E-state index in [-0.39, 0.29) is 0 Å². The fraction of sp³-hybridized carbons (Fsp3) is 0.0714. The van der Waals surface area contributed by atoms with Crippen LogP contribution < -0.4 is 20.9 Å². The van der Waals surface area contributed by atoms with Crippen LogP contribution in [0.15, 0.2) is 121 Å². The Morgan fingerprint density at radius 3 is 1.70 bits per heavy atom. The molecule has 0 saturated carbocycles. The average molecular weight is 592 g/mol. The first kappa shape index (κ1) is 25.4. The van der Waals surface area contributed by atoms with Gasteiger partial charge < -0.3 is 0 Å².